The molecule has 0 unspecified atom stereocenters. The van der Waals surface area contributed by atoms with Crippen molar-refractivity contribution in [1.29, 1.82) is 0 Å². The molecule has 0 aromatic heterocycles. The second kappa shape index (κ2) is 7.04. The molecule has 0 saturated carbocycles. The van der Waals surface area contributed by atoms with E-state index in [-0.39, 0.29) is 0 Å². The van der Waals surface area contributed by atoms with Crippen LogP contribution in [-0.2, 0) is 0 Å². The molecule has 0 saturated heterocycles. The van der Waals surface area contributed by atoms with Crippen molar-refractivity contribution < 1.29 is 0 Å². The molecule has 0 aliphatic heterocycles. The molecule has 1 N–H and O–H groups in total. The van der Waals surface area contributed by atoms with E-state index in [4.69, 9.17) is 0 Å². The molecule has 0 fully saturated rings. The van der Waals surface area contributed by atoms with Crippen molar-refractivity contribution in [2.45, 2.75) is 11.8 Å². The average Bonchev–Trinajstić information content (AvgIpc) is 2.40. The number of anilines is 1. The minimum atomic E-state index is 0.987. The fraction of sp³-hybridized carbons (Fsp3) is 0.200. The van der Waals surface area contributed by atoms with E-state index in [0.29, 0.717) is 0 Å². The van der Waals surface area contributed by atoms with Gasteiger partial charge in [-0.3, -0.25) is 0 Å². The van der Waals surface area contributed by atoms with E-state index in [1.54, 1.807) is 0 Å². The topological polar surface area (TPSA) is 12.0 Å². The summed E-state index contributed by atoms with van der Waals surface area (Å²) >= 11 is 4.26. The van der Waals surface area contributed by atoms with Crippen LogP contribution < -0.4 is 5.32 Å². The monoisotopic (exact) mass is 369 g/mol. The van der Waals surface area contributed by atoms with Crippen LogP contribution >= 0.6 is 34.4 Å². The largest absolute Gasteiger partial charge is 0.384 e. The molecule has 0 radical (unpaired) electrons. The minimum Gasteiger partial charge on any atom is -0.384 e. The molecule has 2 rings (SSSR count). The number of hydrogen-bond acceptors (Lipinski definition) is 2. The maximum absolute atomic E-state index is 3.50. The van der Waals surface area contributed by atoms with Gasteiger partial charge in [0.15, 0.2) is 0 Å². The number of nitrogens with one attached hydrogen (secondary N) is 1. The molecular weight excluding hydrogens is 353 g/mol. The summed E-state index contributed by atoms with van der Waals surface area (Å²) in [5.41, 5.74) is 2.58. The number of rotatable bonds is 5. The number of halogens is 1. The van der Waals surface area contributed by atoms with Crippen LogP contribution in [-0.4, -0.2) is 12.3 Å². The normalized spacial score (nSPS) is 10.3. The summed E-state index contributed by atoms with van der Waals surface area (Å²) in [4.78, 5) is 1.33. The Morgan fingerprint density at radius 3 is 2.61 bits per heavy atom. The van der Waals surface area contributed by atoms with Crippen LogP contribution in [0.25, 0.3) is 0 Å². The maximum atomic E-state index is 3.50. The van der Waals surface area contributed by atoms with E-state index in [2.05, 4.69) is 83.4 Å². The molecule has 0 heterocycles. The van der Waals surface area contributed by atoms with E-state index in [1.807, 2.05) is 11.8 Å². The van der Waals surface area contributed by atoms with Crippen LogP contribution in [0.1, 0.15) is 5.56 Å². The number of benzene rings is 2. The van der Waals surface area contributed by atoms with Gasteiger partial charge >= 0.3 is 0 Å². The van der Waals surface area contributed by atoms with E-state index in [9.17, 15) is 0 Å². The van der Waals surface area contributed by atoms with Gasteiger partial charge in [-0.25, -0.2) is 0 Å². The van der Waals surface area contributed by atoms with Gasteiger partial charge in [0.25, 0.3) is 0 Å². The molecule has 0 atom stereocenters. The van der Waals surface area contributed by atoms with Gasteiger partial charge in [-0.1, -0.05) is 24.3 Å². The van der Waals surface area contributed by atoms with E-state index in [1.165, 1.54) is 19.7 Å². The molecule has 0 aliphatic rings. The lowest BCUT2D eigenvalue weighted by molar-refractivity contribution is 1.20. The Kier molecular flexibility index (Phi) is 5.38. The van der Waals surface area contributed by atoms with Gasteiger partial charge in [0.1, 0.15) is 0 Å². The van der Waals surface area contributed by atoms with Crippen molar-refractivity contribution >= 4 is 40.0 Å². The summed E-state index contributed by atoms with van der Waals surface area (Å²) in [5.74, 6) is 1.08. The molecule has 2 aromatic carbocycles. The van der Waals surface area contributed by atoms with Gasteiger partial charge in [0, 0.05) is 26.5 Å². The third kappa shape index (κ3) is 3.92. The van der Waals surface area contributed by atoms with Crippen molar-refractivity contribution in [3.05, 3.63) is 57.7 Å². The predicted molar refractivity (Wildman–Crippen MR) is 89.6 cm³/mol. The second-order valence-electron chi connectivity index (χ2n) is 4.00. The zero-order valence-corrected chi connectivity index (χ0v) is 13.3. The zero-order chi connectivity index (χ0) is 12.8. The predicted octanol–water partition coefficient (Wildman–Crippen LogP) is 4.80. The van der Waals surface area contributed by atoms with Crippen LogP contribution in [0.2, 0.25) is 0 Å². The van der Waals surface area contributed by atoms with Crippen LogP contribution in [0.4, 0.5) is 5.69 Å². The SMILES string of the molecule is Cc1c(I)cccc1NCCSc1ccccc1. The summed E-state index contributed by atoms with van der Waals surface area (Å²) in [6.45, 7) is 3.15. The Morgan fingerprint density at radius 1 is 1.06 bits per heavy atom. The van der Waals surface area contributed by atoms with Crippen molar-refractivity contribution in [2.24, 2.45) is 0 Å². The van der Waals surface area contributed by atoms with Crippen molar-refractivity contribution in [3.8, 4) is 0 Å². The first-order chi connectivity index (χ1) is 8.77. The van der Waals surface area contributed by atoms with Crippen LogP contribution in [0.15, 0.2) is 53.4 Å². The number of thioether (sulfide) groups is 1. The fourth-order valence-electron chi connectivity index (χ4n) is 1.67. The lowest BCUT2D eigenvalue weighted by Gasteiger charge is -2.10. The molecule has 2 aromatic rings. The average molecular weight is 369 g/mol. The molecule has 18 heavy (non-hydrogen) atoms. The molecular formula is C15H16INS. The zero-order valence-electron chi connectivity index (χ0n) is 10.3. The first-order valence-corrected chi connectivity index (χ1v) is 8.00. The first kappa shape index (κ1) is 13.7. The Hall–Kier alpha value is -0.680. The van der Waals surface area contributed by atoms with Gasteiger partial charge in [-0.15, -0.1) is 11.8 Å². The van der Waals surface area contributed by atoms with Gasteiger partial charge < -0.3 is 5.32 Å². The lowest BCUT2D eigenvalue weighted by atomic mass is 10.2. The molecule has 3 heteroatoms. The van der Waals surface area contributed by atoms with Crippen molar-refractivity contribution in [2.75, 3.05) is 17.6 Å². The third-order valence-corrected chi connectivity index (χ3v) is 4.88. The van der Waals surface area contributed by atoms with Gasteiger partial charge in [0.05, 0.1) is 0 Å². The second-order valence-corrected chi connectivity index (χ2v) is 6.33. The molecule has 0 amide bonds. The quantitative estimate of drug-likeness (QED) is 0.462. The fourth-order valence-corrected chi connectivity index (χ4v) is 2.96. The molecule has 94 valence electrons. The van der Waals surface area contributed by atoms with E-state index in [0.717, 1.165) is 12.3 Å². The Labute approximate surface area is 127 Å². The standard InChI is InChI=1S/C15H16INS/c1-12-14(16)8-5-9-15(12)17-10-11-18-13-6-3-2-4-7-13/h2-9,17H,10-11H2,1H3. The highest BCUT2D eigenvalue weighted by Crippen LogP contribution is 2.21. The Bertz CT molecular complexity index is 499. The molecule has 1 nitrogen and oxygen atoms in total. The van der Waals surface area contributed by atoms with Crippen molar-refractivity contribution in [3.63, 3.8) is 0 Å². The van der Waals surface area contributed by atoms with Crippen molar-refractivity contribution in [1.82, 2.24) is 0 Å². The minimum absolute atomic E-state index is 0.987. The number of hydrogen-bond donors (Lipinski definition) is 1. The summed E-state index contributed by atoms with van der Waals surface area (Å²) in [5, 5.41) is 3.50. The van der Waals surface area contributed by atoms with Crippen LogP contribution in [0.5, 0.6) is 0 Å². The third-order valence-electron chi connectivity index (χ3n) is 2.70. The van der Waals surface area contributed by atoms with E-state index >= 15 is 0 Å². The Balaban J connectivity index is 1.81. The maximum Gasteiger partial charge on any atom is 0.0380 e. The Morgan fingerprint density at radius 2 is 1.83 bits per heavy atom. The van der Waals surface area contributed by atoms with Gasteiger partial charge in [-0.2, -0.15) is 0 Å². The first-order valence-electron chi connectivity index (χ1n) is 5.94. The van der Waals surface area contributed by atoms with E-state index < -0.39 is 0 Å². The smallest absolute Gasteiger partial charge is 0.0380 e. The van der Waals surface area contributed by atoms with Crippen LogP contribution in [0.3, 0.4) is 0 Å². The van der Waals surface area contributed by atoms with Gasteiger partial charge in [0.2, 0.25) is 0 Å². The highest BCUT2D eigenvalue weighted by Gasteiger charge is 2.00. The van der Waals surface area contributed by atoms with Crippen LogP contribution in [0, 0.1) is 10.5 Å². The summed E-state index contributed by atoms with van der Waals surface area (Å²) < 4.78 is 1.31. The highest BCUT2D eigenvalue weighted by molar-refractivity contribution is 14.1. The molecule has 0 bridgehead atoms. The summed E-state index contributed by atoms with van der Waals surface area (Å²) in [7, 11) is 0. The summed E-state index contributed by atoms with van der Waals surface area (Å²) in [6, 6.07) is 16.9. The molecule has 0 spiro atoms. The summed E-state index contributed by atoms with van der Waals surface area (Å²) in [6.07, 6.45) is 0. The van der Waals surface area contributed by atoms with Gasteiger partial charge in [-0.05, 0) is 59.3 Å². The molecule has 0 aliphatic carbocycles. The highest BCUT2D eigenvalue weighted by atomic mass is 127. The lowest BCUT2D eigenvalue weighted by Crippen LogP contribution is -2.05.